The molecule has 1 aliphatic carbocycles. The Morgan fingerprint density at radius 3 is 2.60 bits per heavy atom. The highest BCUT2D eigenvalue weighted by molar-refractivity contribution is 6.20. The summed E-state index contributed by atoms with van der Waals surface area (Å²) in [5.41, 5.74) is 0. The number of hydrogen-bond acceptors (Lipinski definition) is 3. The number of esters is 1. The van der Waals surface area contributed by atoms with Crippen molar-refractivity contribution in [1.82, 2.24) is 0 Å². The van der Waals surface area contributed by atoms with Crippen molar-refractivity contribution in [1.29, 1.82) is 0 Å². The molecule has 0 spiro atoms. The maximum Gasteiger partial charge on any atom is 0.371 e. The highest BCUT2D eigenvalue weighted by Gasteiger charge is 2.33. The van der Waals surface area contributed by atoms with E-state index in [2.05, 4.69) is 20.8 Å². The molecule has 3 atom stereocenters. The minimum Gasteiger partial charge on any atom is -0.457 e. The molecule has 1 fully saturated rings. The summed E-state index contributed by atoms with van der Waals surface area (Å²) in [5, 5.41) is 0. The number of hydrogen-bond donors (Lipinski definition) is 0. The Hall–Kier alpha value is -0.860. The lowest BCUT2D eigenvalue weighted by Crippen LogP contribution is -2.36. The van der Waals surface area contributed by atoms with E-state index < -0.39 is 5.97 Å². The van der Waals surface area contributed by atoms with Crippen molar-refractivity contribution >= 4 is 12.3 Å². The van der Waals surface area contributed by atoms with Gasteiger partial charge in [0.15, 0.2) is 0 Å². The lowest BCUT2D eigenvalue weighted by molar-refractivity contribution is -0.158. The fourth-order valence-electron chi connectivity index (χ4n) is 2.43. The second kappa shape index (κ2) is 5.29. The van der Waals surface area contributed by atoms with E-state index >= 15 is 0 Å². The molecule has 1 unspecified atom stereocenters. The summed E-state index contributed by atoms with van der Waals surface area (Å²) >= 11 is 0. The zero-order valence-electron chi connectivity index (χ0n) is 9.73. The van der Waals surface area contributed by atoms with Crippen molar-refractivity contribution in [3.05, 3.63) is 0 Å². The van der Waals surface area contributed by atoms with Crippen LogP contribution < -0.4 is 0 Å². The minimum absolute atomic E-state index is 0.0635. The van der Waals surface area contributed by atoms with Crippen LogP contribution in [0.2, 0.25) is 0 Å². The Balaban J connectivity index is 2.61. The molecule has 0 aromatic carbocycles. The van der Waals surface area contributed by atoms with Gasteiger partial charge < -0.3 is 4.74 Å². The second-order valence-electron chi connectivity index (χ2n) is 4.92. The lowest BCUT2D eigenvalue weighted by Gasteiger charge is -2.36. The largest absolute Gasteiger partial charge is 0.457 e. The van der Waals surface area contributed by atoms with Gasteiger partial charge in [0.05, 0.1) is 0 Å². The van der Waals surface area contributed by atoms with Crippen molar-refractivity contribution in [3.8, 4) is 0 Å². The monoisotopic (exact) mass is 212 g/mol. The van der Waals surface area contributed by atoms with Gasteiger partial charge in [-0.3, -0.25) is 4.79 Å². The zero-order chi connectivity index (χ0) is 11.4. The molecule has 0 N–H and O–H groups in total. The van der Waals surface area contributed by atoms with Crippen molar-refractivity contribution in [2.45, 2.75) is 46.1 Å². The Morgan fingerprint density at radius 2 is 2.07 bits per heavy atom. The summed E-state index contributed by atoms with van der Waals surface area (Å²) in [7, 11) is 0. The van der Waals surface area contributed by atoms with Gasteiger partial charge in [-0.05, 0) is 30.6 Å². The smallest absolute Gasteiger partial charge is 0.371 e. The van der Waals surface area contributed by atoms with E-state index in [1.54, 1.807) is 0 Å². The van der Waals surface area contributed by atoms with Crippen LogP contribution in [0.4, 0.5) is 0 Å². The normalized spacial score (nSPS) is 31.3. The first kappa shape index (κ1) is 12.2. The molecule has 0 radical (unpaired) electrons. The van der Waals surface area contributed by atoms with E-state index in [0.717, 1.165) is 12.8 Å². The van der Waals surface area contributed by atoms with Gasteiger partial charge in [-0.2, -0.15) is 0 Å². The van der Waals surface area contributed by atoms with Crippen molar-refractivity contribution < 1.29 is 14.3 Å². The van der Waals surface area contributed by atoms with E-state index in [-0.39, 0.29) is 12.4 Å². The highest BCUT2D eigenvalue weighted by Crippen LogP contribution is 2.35. The molecule has 86 valence electrons. The van der Waals surface area contributed by atoms with Crippen molar-refractivity contribution in [2.75, 3.05) is 0 Å². The SMILES string of the molecule is CC(C)C1CC[C@@H](C)C[C@H]1OC(=O)C=O. The third kappa shape index (κ3) is 3.33. The molecule has 1 aliphatic rings. The van der Waals surface area contributed by atoms with Gasteiger partial charge in [0.25, 0.3) is 0 Å². The lowest BCUT2D eigenvalue weighted by atomic mass is 9.75. The van der Waals surface area contributed by atoms with Gasteiger partial charge in [0.2, 0.25) is 6.29 Å². The Labute approximate surface area is 91.2 Å². The molecule has 0 heterocycles. The summed E-state index contributed by atoms with van der Waals surface area (Å²) in [6.07, 6.45) is 3.37. The molecule has 0 aliphatic heterocycles. The fraction of sp³-hybridized carbons (Fsp3) is 0.833. The number of carbonyl (C=O) groups is 2. The number of aldehydes is 1. The average molecular weight is 212 g/mol. The van der Waals surface area contributed by atoms with Crippen LogP contribution in [0, 0.1) is 17.8 Å². The van der Waals surface area contributed by atoms with Gasteiger partial charge in [-0.1, -0.05) is 27.2 Å². The summed E-state index contributed by atoms with van der Waals surface area (Å²) in [6.45, 7) is 6.45. The van der Waals surface area contributed by atoms with Gasteiger partial charge in [-0.25, -0.2) is 4.79 Å². The van der Waals surface area contributed by atoms with E-state index in [0.29, 0.717) is 17.8 Å². The van der Waals surface area contributed by atoms with E-state index in [1.165, 1.54) is 6.42 Å². The molecule has 1 saturated carbocycles. The Morgan fingerprint density at radius 1 is 1.40 bits per heavy atom. The zero-order valence-corrected chi connectivity index (χ0v) is 9.73. The number of rotatable bonds is 3. The van der Waals surface area contributed by atoms with Gasteiger partial charge in [0.1, 0.15) is 6.10 Å². The third-order valence-corrected chi connectivity index (χ3v) is 3.33. The van der Waals surface area contributed by atoms with Gasteiger partial charge >= 0.3 is 5.97 Å². The molecule has 1 rings (SSSR count). The maximum atomic E-state index is 11.0. The van der Waals surface area contributed by atoms with Crippen LogP contribution in [0.5, 0.6) is 0 Å². The Bertz CT molecular complexity index is 235. The first-order valence-corrected chi connectivity index (χ1v) is 5.70. The molecule has 3 heteroatoms. The average Bonchev–Trinajstić information content (AvgIpc) is 2.17. The standard InChI is InChI=1S/C12H20O3/c1-8(2)10-5-4-9(3)6-11(10)15-12(14)7-13/h7-11H,4-6H2,1-3H3/t9-,10?,11-/m1/s1. The summed E-state index contributed by atoms with van der Waals surface area (Å²) < 4.78 is 5.18. The summed E-state index contributed by atoms with van der Waals surface area (Å²) in [4.78, 5) is 21.2. The van der Waals surface area contributed by atoms with Crippen molar-refractivity contribution in [2.24, 2.45) is 17.8 Å². The molecule has 0 bridgehead atoms. The maximum absolute atomic E-state index is 11.0. The third-order valence-electron chi connectivity index (χ3n) is 3.33. The van der Waals surface area contributed by atoms with Crippen LogP contribution in [0.25, 0.3) is 0 Å². The molecule has 0 aromatic rings. The molecule has 0 amide bonds. The molecular weight excluding hydrogens is 192 g/mol. The van der Waals surface area contributed by atoms with Gasteiger partial charge in [-0.15, -0.1) is 0 Å². The summed E-state index contributed by atoms with van der Waals surface area (Å²) in [5.74, 6) is 0.774. The second-order valence-corrected chi connectivity index (χ2v) is 4.92. The first-order chi connectivity index (χ1) is 7.04. The van der Waals surface area contributed by atoms with Crippen LogP contribution in [0.15, 0.2) is 0 Å². The van der Waals surface area contributed by atoms with Crippen molar-refractivity contribution in [3.63, 3.8) is 0 Å². The van der Waals surface area contributed by atoms with Gasteiger partial charge in [0, 0.05) is 0 Å². The van der Waals surface area contributed by atoms with Crippen LogP contribution in [0.1, 0.15) is 40.0 Å². The van der Waals surface area contributed by atoms with Crippen LogP contribution in [-0.4, -0.2) is 18.4 Å². The fourth-order valence-corrected chi connectivity index (χ4v) is 2.43. The predicted octanol–water partition coefficient (Wildman–Crippen LogP) is 2.19. The van der Waals surface area contributed by atoms with E-state index in [1.807, 2.05) is 0 Å². The first-order valence-electron chi connectivity index (χ1n) is 5.70. The topological polar surface area (TPSA) is 43.4 Å². The van der Waals surface area contributed by atoms with Crippen LogP contribution in [-0.2, 0) is 14.3 Å². The Kier molecular flexibility index (Phi) is 4.30. The number of ether oxygens (including phenoxy) is 1. The molecular formula is C12H20O3. The minimum atomic E-state index is -0.722. The summed E-state index contributed by atoms with van der Waals surface area (Å²) in [6, 6.07) is 0. The van der Waals surface area contributed by atoms with E-state index in [4.69, 9.17) is 4.74 Å². The quantitative estimate of drug-likeness (QED) is 0.409. The van der Waals surface area contributed by atoms with E-state index in [9.17, 15) is 9.59 Å². The number of carbonyl (C=O) groups excluding carboxylic acids is 2. The molecule has 0 saturated heterocycles. The highest BCUT2D eigenvalue weighted by atomic mass is 16.5. The molecule has 0 aromatic heterocycles. The molecule has 3 nitrogen and oxygen atoms in total. The molecule has 15 heavy (non-hydrogen) atoms. The van der Waals surface area contributed by atoms with Crippen LogP contribution >= 0.6 is 0 Å². The van der Waals surface area contributed by atoms with Crippen LogP contribution in [0.3, 0.4) is 0 Å². The predicted molar refractivity (Wildman–Crippen MR) is 57.3 cm³/mol.